The second-order valence-corrected chi connectivity index (χ2v) is 5.04. The maximum absolute atomic E-state index is 14.0. The SMILES string of the molecule is NC(c1cccc(OC(F)F)c1)c1c(F)ccc(Br)c1F. The summed E-state index contributed by atoms with van der Waals surface area (Å²) in [4.78, 5) is 0. The van der Waals surface area contributed by atoms with E-state index in [1.54, 1.807) is 0 Å². The van der Waals surface area contributed by atoms with E-state index in [1.165, 1.54) is 30.3 Å². The first-order valence-electron chi connectivity index (χ1n) is 5.84. The molecule has 7 heteroatoms. The molecule has 2 aromatic carbocycles. The molecule has 0 aliphatic carbocycles. The van der Waals surface area contributed by atoms with Crippen molar-refractivity contribution in [2.24, 2.45) is 5.73 Å². The third kappa shape index (κ3) is 3.54. The summed E-state index contributed by atoms with van der Waals surface area (Å²) in [5.74, 6) is -1.78. The summed E-state index contributed by atoms with van der Waals surface area (Å²) < 4.78 is 56.4. The highest BCUT2D eigenvalue weighted by Crippen LogP contribution is 2.30. The maximum atomic E-state index is 14.0. The fourth-order valence-electron chi connectivity index (χ4n) is 1.88. The van der Waals surface area contributed by atoms with Gasteiger partial charge in [0.15, 0.2) is 0 Å². The molecule has 0 spiro atoms. The molecule has 112 valence electrons. The van der Waals surface area contributed by atoms with Crippen LogP contribution in [0.5, 0.6) is 5.75 Å². The summed E-state index contributed by atoms with van der Waals surface area (Å²) >= 11 is 2.95. The van der Waals surface area contributed by atoms with Crippen molar-refractivity contribution in [3.05, 3.63) is 63.6 Å². The van der Waals surface area contributed by atoms with Gasteiger partial charge in [0.2, 0.25) is 0 Å². The quantitative estimate of drug-likeness (QED) is 0.646. The van der Waals surface area contributed by atoms with Crippen LogP contribution in [0, 0.1) is 11.6 Å². The Morgan fingerprint density at radius 3 is 2.48 bits per heavy atom. The zero-order valence-electron chi connectivity index (χ0n) is 10.5. The van der Waals surface area contributed by atoms with E-state index in [9.17, 15) is 17.6 Å². The Morgan fingerprint density at radius 1 is 1.10 bits per heavy atom. The van der Waals surface area contributed by atoms with E-state index < -0.39 is 24.3 Å². The largest absolute Gasteiger partial charge is 0.435 e. The molecule has 21 heavy (non-hydrogen) atoms. The first-order chi connectivity index (χ1) is 9.90. The van der Waals surface area contributed by atoms with Crippen LogP contribution in [0.3, 0.4) is 0 Å². The summed E-state index contributed by atoms with van der Waals surface area (Å²) in [7, 11) is 0. The van der Waals surface area contributed by atoms with E-state index >= 15 is 0 Å². The lowest BCUT2D eigenvalue weighted by Gasteiger charge is -2.16. The van der Waals surface area contributed by atoms with Gasteiger partial charge in [-0.3, -0.25) is 0 Å². The number of nitrogens with two attached hydrogens (primary N) is 1. The summed E-state index contributed by atoms with van der Waals surface area (Å²) in [6.07, 6.45) is 0. The molecule has 1 atom stereocenters. The molecular formula is C14H10BrF4NO. The first kappa shape index (κ1) is 15.8. The van der Waals surface area contributed by atoms with E-state index in [0.29, 0.717) is 0 Å². The van der Waals surface area contributed by atoms with Gasteiger partial charge in [0.25, 0.3) is 0 Å². The third-order valence-electron chi connectivity index (χ3n) is 2.83. The van der Waals surface area contributed by atoms with Gasteiger partial charge in [-0.05, 0) is 45.8 Å². The molecule has 0 saturated carbocycles. The molecule has 0 radical (unpaired) electrons. The van der Waals surface area contributed by atoms with Gasteiger partial charge in [-0.25, -0.2) is 8.78 Å². The molecule has 0 fully saturated rings. The van der Waals surface area contributed by atoms with Gasteiger partial charge in [0.05, 0.1) is 10.5 Å². The summed E-state index contributed by atoms with van der Waals surface area (Å²) in [6, 6.07) is 6.55. The Labute approximate surface area is 126 Å². The molecule has 0 aliphatic rings. The number of rotatable bonds is 4. The number of halogens is 5. The number of ether oxygens (including phenoxy) is 1. The lowest BCUT2D eigenvalue weighted by atomic mass is 9.98. The van der Waals surface area contributed by atoms with Crippen molar-refractivity contribution < 1.29 is 22.3 Å². The molecule has 0 aromatic heterocycles. The third-order valence-corrected chi connectivity index (χ3v) is 3.45. The topological polar surface area (TPSA) is 35.2 Å². The van der Waals surface area contributed by atoms with Crippen LogP contribution in [0.15, 0.2) is 40.9 Å². The van der Waals surface area contributed by atoms with Crippen molar-refractivity contribution in [3.8, 4) is 5.75 Å². The molecule has 0 amide bonds. The molecule has 0 heterocycles. The molecule has 0 saturated heterocycles. The van der Waals surface area contributed by atoms with Gasteiger partial charge in [-0.1, -0.05) is 12.1 Å². The van der Waals surface area contributed by atoms with E-state index in [-0.39, 0.29) is 21.3 Å². The van der Waals surface area contributed by atoms with E-state index in [0.717, 1.165) is 6.07 Å². The van der Waals surface area contributed by atoms with Crippen LogP contribution in [0.2, 0.25) is 0 Å². The zero-order chi connectivity index (χ0) is 15.6. The molecule has 2 N–H and O–H groups in total. The highest BCUT2D eigenvalue weighted by molar-refractivity contribution is 9.10. The van der Waals surface area contributed by atoms with Crippen molar-refractivity contribution in [1.82, 2.24) is 0 Å². The second kappa shape index (κ2) is 6.44. The molecule has 1 unspecified atom stereocenters. The van der Waals surface area contributed by atoms with Crippen LogP contribution >= 0.6 is 15.9 Å². The number of hydrogen-bond acceptors (Lipinski definition) is 2. The molecule has 0 aliphatic heterocycles. The number of alkyl halides is 2. The smallest absolute Gasteiger partial charge is 0.387 e. The zero-order valence-corrected chi connectivity index (χ0v) is 12.1. The summed E-state index contributed by atoms with van der Waals surface area (Å²) in [5, 5.41) is 0. The van der Waals surface area contributed by atoms with Crippen LogP contribution in [-0.2, 0) is 0 Å². The Hall–Kier alpha value is -1.60. The lowest BCUT2D eigenvalue weighted by molar-refractivity contribution is -0.0498. The lowest BCUT2D eigenvalue weighted by Crippen LogP contribution is -2.16. The van der Waals surface area contributed by atoms with Crippen molar-refractivity contribution in [2.45, 2.75) is 12.7 Å². The fraction of sp³-hybridized carbons (Fsp3) is 0.143. The Kier molecular flexibility index (Phi) is 4.84. The van der Waals surface area contributed by atoms with Gasteiger partial charge < -0.3 is 10.5 Å². The second-order valence-electron chi connectivity index (χ2n) is 4.19. The highest BCUT2D eigenvalue weighted by Gasteiger charge is 2.21. The van der Waals surface area contributed by atoms with Crippen LogP contribution in [0.25, 0.3) is 0 Å². The van der Waals surface area contributed by atoms with E-state index in [4.69, 9.17) is 5.73 Å². The molecule has 2 nitrogen and oxygen atoms in total. The number of hydrogen-bond donors (Lipinski definition) is 1. The number of benzene rings is 2. The molecular weight excluding hydrogens is 354 g/mol. The van der Waals surface area contributed by atoms with Crippen LogP contribution in [-0.4, -0.2) is 6.61 Å². The minimum absolute atomic E-state index is 0.0642. The van der Waals surface area contributed by atoms with Gasteiger partial charge in [0.1, 0.15) is 17.4 Å². The fourth-order valence-corrected chi connectivity index (χ4v) is 2.22. The Balaban J connectivity index is 2.41. The average Bonchev–Trinajstić information content (AvgIpc) is 2.43. The minimum atomic E-state index is -2.99. The van der Waals surface area contributed by atoms with Crippen molar-refractivity contribution in [1.29, 1.82) is 0 Å². The van der Waals surface area contributed by atoms with Crippen molar-refractivity contribution in [3.63, 3.8) is 0 Å². The Bertz CT molecular complexity index is 651. The van der Waals surface area contributed by atoms with Gasteiger partial charge >= 0.3 is 6.61 Å². The first-order valence-corrected chi connectivity index (χ1v) is 6.63. The monoisotopic (exact) mass is 363 g/mol. The molecule has 0 bridgehead atoms. The van der Waals surface area contributed by atoms with Gasteiger partial charge in [0, 0.05) is 5.56 Å². The molecule has 2 aromatic rings. The van der Waals surface area contributed by atoms with E-state index in [2.05, 4.69) is 20.7 Å². The van der Waals surface area contributed by atoms with Gasteiger partial charge in [-0.2, -0.15) is 8.78 Å². The van der Waals surface area contributed by atoms with Crippen molar-refractivity contribution >= 4 is 15.9 Å². The highest BCUT2D eigenvalue weighted by atomic mass is 79.9. The Morgan fingerprint density at radius 2 is 1.81 bits per heavy atom. The van der Waals surface area contributed by atoms with Crippen molar-refractivity contribution in [2.75, 3.05) is 0 Å². The normalized spacial score (nSPS) is 12.5. The predicted octanol–water partition coefficient (Wildman–Crippen LogP) is 4.38. The summed E-state index contributed by atoms with van der Waals surface area (Å²) in [5.41, 5.74) is 5.75. The predicted molar refractivity (Wildman–Crippen MR) is 73.2 cm³/mol. The minimum Gasteiger partial charge on any atom is -0.435 e. The molecule has 2 rings (SSSR count). The summed E-state index contributed by atoms with van der Waals surface area (Å²) in [6.45, 7) is -2.99. The van der Waals surface area contributed by atoms with Crippen LogP contribution in [0.4, 0.5) is 17.6 Å². The van der Waals surface area contributed by atoms with Crippen LogP contribution in [0.1, 0.15) is 17.2 Å². The average molecular weight is 364 g/mol. The van der Waals surface area contributed by atoms with E-state index in [1.807, 2.05) is 0 Å². The maximum Gasteiger partial charge on any atom is 0.387 e. The standard InChI is InChI=1S/C14H10BrF4NO/c15-9-4-5-10(16)11(12(9)17)13(20)7-2-1-3-8(6-7)21-14(18)19/h1-6,13-14H,20H2. The van der Waals surface area contributed by atoms with Crippen LogP contribution < -0.4 is 10.5 Å². The van der Waals surface area contributed by atoms with Gasteiger partial charge in [-0.15, -0.1) is 0 Å².